The first-order chi connectivity index (χ1) is 36.0. The van der Waals surface area contributed by atoms with Gasteiger partial charge in [-0.3, -0.25) is 4.79 Å². The maximum Gasteiger partial charge on any atom is 0.220 e. The van der Waals surface area contributed by atoms with Gasteiger partial charge in [0.2, 0.25) is 5.91 Å². The van der Waals surface area contributed by atoms with Crippen molar-refractivity contribution in [1.82, 2.24) is 5.32 Å². The van der Waals surface area contributed by atoms with E-state index in [4.69, 9.17) is 27.2 Å². The fraction of sp³-hybridized carbons (Fsp3) is 0.984. The molecular weight excluding hydrogens is 1020 g/mol. The van der Waals surface area contributed by atoms with E-state index in [2.05, 4.69) is 97.7 Å². The summed E-state index contributed by atoms with van der Waals surface area (Å²) in [6.07, 6.45) is 41.1. The molecule has 1 heterocycles. The molecule has 10 nitrogen and oxygen atoms in total. The molecule has 1 aliphatic rings. The van der Waals surface area contributed by atoms with E-state index in [1.807, 2.05) is 0 Å². The van der Waals surface area contributed by atoms with Crippen LogP contribution in [0.4, 0.5) is 0 Å². The summed E-state index contributed by atoms with van der Waals surface area (Å²) >= 11 is 0. The van der Waals surface area contributed by atoms with E-state index in [1.54, 1.807) is 0 Å². The minimum Gasteiger partial charge on any atom is -0.415 e. The van der Waals surface area contributed by atoms with E-state index in [-0.39, 0.29) is 12.5 Å². The summed E-state index contributed by atoms with van der Waals surface area (Å²) in [5, 5.41) is 26.5. The van der Waals surface area contributed by atoms with E-state index in [0.29, 0.717) is 19.4 Å². The number of carbonyl (C=O) groups excluding carboxylic acids is 1. The molecule has 0 unspecified atom stereocenters. The Balaban J connectivity index is 2.86. The number of rotatable bonds is 52. The van der Waals surface area contributed by atoms with Crippen LogP contribution in [0.15, 0.2) is 0 Å². The zero-order chi connectivity index (χ0) is 56.7. The van der Waals surface area contributed by atoms with Gasteiger partial charge in [-0.25, -0.2) is 0 Å². The van der Waals surface area contributed by atoms with Crippen molar-refractivity contribution >= 4 is 39.2 Å². The molecule has 454 valence electrons. The second-order valence-corrected chi connectivity index (χ2v) is 45.2. The highest BCUT2D eigenvalue weighted by Crippen LogP contribution is 2.35. The summed E-state index contributed by atoms with van der Waals surface area (Å²) in [5.41, 5.74) is 0. The first kappa shape index (κ1) is 74.0. The van der Waals surface area contributed by atoms with Crippen LogP contribution in [0.3, 0.4) is 0 Å². The lowest BCUT2D eigenvalue weighted by molar-refractivity contribution is -0.292. The molecule has 0 aromatic rings. The van der Waals surface area contributed by atoms with Gasteiger partial charge in [0.1, 0.15) is 30.5 Å². The van der Waals surface area contributed by atoms with Gasteiger partial charge in [-0.05, 0) is 91.4 Å². The van der Waals surface area contributed by atoms with Gasteiger partial charge in [-0.15, -0.1) is 0 Å². The number of nitrogens with one attached hydrogen (secondary N) is 1. The summed E-state index contributed by atoms with van der Waals surface area (Å²) < 4.78 is 41.2. The predicted octanol–water partition coefficient (Wildman–Crippen LogP) is 17.9. The Labute approximate surface area is 476 Å². The van der Waals surface area contributed by atoms with Gasteiger partial charge in [0.15, 0.2) is 39.6 Å². The lowest BCUT2D eigenvalue weighted by Crippen LogP contribution is -2.67. The monoisotopic (exact) mass is 1150 g/mol. The summed E-state index contributed by atoms with van der Waals surface area (Å²) in [7, 11) is -8.48. The molecule has 0 saturated carbocycles. The average Bonchev–Trinajstić information content (AvgIpc) is 3.32. The average molecular weight is 1150 g/mol. The number of aliphatic hydroxyl groups is 2. The maximum absolute atomic E-state index is 13.7. The summed E-state index contributed by atoms with van der Waals surface area (Å²) in [6.45, 7) is 30.9. The van der Waals surface area contributed by atoms with Crippen LogP contribution in [-0.4, -0.2) is 112 Å². The molecule has 0 spiro atoms. The minimum absolute atomic E-state index is 0.0567. The topological polar surface area (TPSA) is 125 Å². The van der Waals surface area contributed by atoms with Crippen molar-refractivity contribution in [2.45, 2.75) is 379 Å². The largest absolute Gasteiger partial charge is 0.415 e. The number of aliphatic hydroxyl groups excluding tert-OH is 2. The molecule has 0 bridgehead atoms. The van der Waals surface area contributed by atoms with Crippen molar-refractivity contribution in [3.63, 3.8) is 0 Å². The molecule has 1 rings (SSSR count). The van der Waals surface area contributed by atoms with Crippen molar-refractivity contribution < 1.29 is 42.2 Å². The quantitative estimate of drug-likeness (QED) is 0.0403. The highest BCUT2D eigenvalue weighted by Gasteiger charge is 2.52. The smallest absolute Gasteiger partial charge is 0.220 e. The van der Waals surface area contributed by atoms with Crippen LogP contribution < -0.4 is 5.32 Å². The first-order valence-corrected chi connectivity index (χ1v) is 46.2. The molecule has 1 saturated heterocycles. The van der Waals surface area contributed by atoms with Gasteiger partial charge >= 0.3 is 0 Å². The van der Waals surface area contributed by atoms with Gasteiger partial charge in [0.05, 0.1) is 25.4 Å². The second-order valence-electron chi connectivity index (χ2n) is 27.3. The molecule has 0 aliphatic carbocycles. The third-order valence-corrected chi connectivity index (χ3v) is 18.7. The molecule has 1 amide bonds. The Morgan fingerprint density at radius 2 is 0.776 bits per heavy atom. The standard InChI is InChI=1S/C62H131NO9Si4/c1-15-17-19-21-23-25-27-29-30-31-32-33-34-35-36-37-38-39-41-43-45-47-49-51-57(65)63-54(58(66)55(64)50-48-46-44-42-40-28-26-24-22-20-18-16-2)52-67-62-61(72-76(12,13)14)60(71-75(9,10)11)59(70-74(6,7)8)56(69-62)53-68-73(3,4)5/h54-56,58-62,64,66H,15-53H2,1-14H3,(H,63,65)/t54-,55+,56+,58-,59-,60-,61+,62-/m0/s1. The van der Waals surface area contributed by atoms with Gasteiger partial charge in [0.25, 0.3) is 0 Å². The van der Waals surface area contributed by atoms with Crippen molar-refractivity contribution in [3.8, 4) is 0 Å². The fourth-order valence-electron chi connectivity index (χ4n) is 10.5. The predicted molar refractivity (Wildman–Crippen MR) is 335 cm³/mol. The van der Waals surface area contributed by atoms with E-state index < -0.39 is 82.2 Å². The number of carbonyl (C=O) groups is 1. The minimum atomic E-state index is -2.22. The van der Waals surface area contributed by atoms with Gasteiger partial charge < -0.3 is 42.7 Å². The number of hydrogen-bond acceptors (Lipinski definition) is 9. The molecule has 0 aromatic heterocycles. The van der Waals surface area contributed by atoms with Crippen LogP contribution in [0.1, 0.15) is 251 Å². The molecule has 3 N–H and O–H groups in total. The molecule has 8 atom stereocenters. The zero-order valence-electron chi connectivity index (χ0n) is 52.9. The molecule has 1 fully saturated rings. The highest BCUT2D eigenvalue weighted by molar-refractivity contribution is 6.71. The Kier molecular flexibility index (Phi) is 42.5. The molecule has 0 radical (unpaired) electrons. The number of unbranched alkanes of at least 4 members (excludes halogenated alkanes) is 33. The van der Waals surface area contributed by atoms with Crippen LogP contribution in [0.25, 0.3) is 0 Å². The third-order valence-electron chi connectivity index (χ3n) is 14.7. The Morgan fingerprint density at radius 3 is 1.13 bits per heavy atom. The Hall–Kier alpha value is 0.0175. The zero-order valence-corrected chi connectivity index (χ0v) is 56.9. The van der Waals surface area contributed by atoms with Crippen LogP contribution >= 0.6 is 0 Å². The Morgan fingerprint density at radius 1 is 0.447 bits per heavy atom. The van der Waals surface area contributed by atoms with Crippen LogP contribution in [0.2, 0.25) is 78.6 Å². The van der Waals surface area contributed by atoms with Gasteiger partial charge in [-0.1, -0.05) is 232 Å². The van der Waals surface area contributed by atoms with E-state index >= 15 is 0 Å². The second kappa shape index (κ2) is 43.7. The number of amides is 1. The van der Waals surface area contributed by atoms with Crippen LogP contribution in [0.5, 0.6) is 0 Å². The van der Waals surface area contributed by atoms with Crippen LogP contribution in [-0.2, 0) is 32.0 Å². The fourth-order valence-corrected chi connectivity index (χ4v) is 14.4. The number of ether oxygens (including phenoxy) is 2. The normalized spacial score (nSPS) is 20.0. The molecule has 14 heteroatoms. The van der Waals surface area contributed by atoms with Crippen molar-refractivity contribution in [2.24, 2.45) is 0 Å². The maximum atomic E-state index is 13.7. The molecular formula is C62H131NO9Si4. The Bertz CT molecular complexity index is 1360. The number of hydrogen-bond donors (Lipinski definition) is 3. The SMILES string of the molecule is CCCCCCCCCCCCCCCCCCCCCCCCCC(=O)N[C@@H](CO[C@H]1O[C@H](CO[Si](C)(C)C)[C@H](O[Si](C)(C)C)[C@H](O[Si](C)(C)C)[C@H]1O[Si](C)(C)C)[C@H](O)[C@H](O)CCCCCCCCCCCCCC. The lowest BCUT2D eigenvalue weighted by Gasteiger charge is -2.51. The first-order valence-electron chi connectivity index (χ1n) is 32.6. The van der Waals surface area contributed by atoms with E-state index in [1.165, 1.54) is 186 Å². The van der Waals surface area contributed by atoms with Gasteiger partial charge in [0, 0.05) is 6.42 Å². The lowest BCUT2D eigenvalue weighted by atomic mass is 9.98. The summed E-state index contributed by atoms with van der Waals surface area (Å²) in [5.74, 6) is -0.127. The van der Waals surface area contributed by atoms with Crippen molar-refractivity contribution in [3.05, 3.63) is 0 Å². The van der Waals surface area contributed by atoms with E-state index in [0.717, 1.165) is 38.5 Å². The molecule has 1 aliphatic heterocycles. The van der Waals surface area contributed by atoms with Crippen molar-refractivity contribution in [2.75, 3.05) is 13.2 Å². The highest BCUT2D eigenvalue weighted by atomic mass is 28.4. The van der Waals surface area contributed by atoms with Gasteiger partial charge in [-0.2, -0.15) is 0 Å². The molecule has 76 heavy (non-hydrogen) atoms. The molecule has 0 aromatic carbocycles. The summed E-state index contributed by atoms with van der Waals surface area (Å²) in [6, 6.07) is -0.843. The summed E-state index contributed by atoms with van der Waals surface area (Å²) in [4.78, 5) is 13.7. The van der Waals surface area contributed by atoms with Crippen LogP contribution in [0, 0.1) is 0 Å². The van der Waals surface area contributed by atoms with Crippen molar-refractivity contribution in [1.29, 1.82) is 0 Å². The third kappa shape index (κ3) is 41.9. The van der Waals surface area contributed by atoms with E-state index in [9.17, 15) is 15.0 Å².